The van der Waals surface area contributed by atoms with Crippen molar-refractivity contribution in [3.63, 3.8) is 0 Å². The summed E-state index contributed by atoms with van der Waals surface area (Å²) < 4.78 is 20.5. The number of halogens is 1. The monoisotopic (exact) mass is 322 g/mol. The molecule has 4 rings (SSSR count). The minimum Gasteiger partial charge on any atom is -0.496 e. The third-order valence-electron chi connectivity index (χ3n) is 3.87. The maximum Gasteiger partial charge on any atom is 0.177 e. The number of nitrogens with one attached hydrogen (secondary N) is 1. The number of hydrogen-bond donors (Lipinski definition) is 1. The van der Waals surface area contributed by atoms with Crippen LogP contribution in [0.25, 0.3) is 22.6 Å². The van der Waals surface area contributed by atoms with Crippen LogP contribution >= 0.6 is 0 Å². The van der Waals surface area contributed by atoms with E-state index in [-0.39, 0.29) is 5.82 Å². The third-order valence-corrected chi connectivity index (χ3v) is 3.87. The fourth-order valence-electron chi connectivity index (χ4n) is 2.74. The van der Waals surface area contributed by atoms with E-state index < -0.39 is 0 Å². The van der Waals surface area contributed by atoms with Gasteiger partial charge in [0.05, 0.1) is 25.4 Å². The second-order valence-corrected chi connectivity index (χ2v) is 5.46. The van der Waals surface area contributed by atoms with Crippen LogP contribution in [0.4, 0.5) is 4.39 Å². The average Bonchev–Trinajstić information content (AvgIpc) is 3.17. The number of fused-ring (bicyclic) bond motifs is 1. The highest BCUT2D eigenvalue weighted by atomic mass is 19.1. The molecule has 2 aromatic heterocycles. The highest BCUT2D eigenvalue weighted by Crippen LogP contribution is 2.29. The van der Waals surface area contributed by atoms with Crippen LogP contribution < -0.4 is 4.74 Å². The molecule has 0 amide bonds. The molecule has 0 spiro atoms. The highest BCUT2D eigenvalue weighted by Gasteiger charge is 2.13. The Morgan fingerprint density at radius 2 is 2.04 bits per heavy atom. The third kappa shape index (κ3) is 2.52. The number of H-pyrrole nitrogens is 1. The van der Waals surface area contributed by atoms with Crippen molar-refractivity contribution in [2.24, 2.45) is 0 Å². The van der Waals surface area contributed by atoms with Gasteiger partial charge in [0.15, 0.2) is 5.65 Å². The maximum atomic E-state index is 13.4. The van der Waals surface area contributed by atoms with Crippen LogP contribution in [0.5, 0.6) is 5.75 Å². The number of ether oxygens (including phenoxy) is 1. The Morgan fingerprint density at radius 1 is 1.17 bits per heavy atom. The molecule has 4 aromatic rings. The van der Waals surface area contributed by atoms with Gasteiger partial charge in [0.2, 0.25) is 0 Å². The van der Waals surface area contributed by atoms with Crippen molar-refractivity contribution in [1.82, 2.24) is 19.7 Å². The molecule has 0 aliphatic rings. The van der Waals surface area contributed by atoms with E-state index in [1.807, 2.05) is 30.3 Å². The quantitative estimate of drug-likeness (QED) is 0.624. The van der Waals surface area contributed by atoms with Crippen LogP contribution in [0, 0.1) is 5.82 Å². The summed E-state index contributed by atoms with van der Waals surface area (Å²) in [5.74, 6) is 1.21. The van der Waals surface area contributed by atoms with Crippen molar-refractivity contribution < 1.29 is 9.13 Å². The van der Waals surface area contributed by atoms with Crippen molar-refractivity contribution in [3.8, 4) is 17.1 Å². The zero-order valence-corrected chi connectivity index (χ0v) is 13.0. The molecule has 0 aliphatic carbocycles. The van der Waals surface area contributed by atoms with Gasteiger partial charge < -0.3 is 9.72 Å². The van der Waals surface area contributed by atoms with Gasteiger partial charge in [0.25, 0.3) is 0 Å². The van der Waals surface area contributed by atoms with E-state index in [0.29, 0.717) is 12.4 Å². The minimum absolute atomic E-state index is 0.257. The van der Waals surface area contributed by atoms with Gasteiger partial charge in [-0.3, -0.25) is 0 Å². The van der Waals surface area contributed by atoms with E-state index in [9.17, 15) is 4.39 Å². The van der Waals surface area contributed by atoms with E-state index >= 15 is 0 Å². The number of rotatable bonds is 4. The Morgan fingerprint density at radius 3 is 2.88 bits per heavy atom. The molecule has 1 N–H and O–H groups in total. The van der Waals surface area contributed by atoms with Crippen LogP contribution in [-0.2, 0) is 6.54 Å². The van der Waals surface area contributed by atoms with E-state index in [0.717, 1.165) is 28.0 Å². The van der Waals surface area contributed by atoms with Gasteiger partial charge in [-0.1, -0.05) is 24.3 Å². The first kappa shape index (κ1) is 14.4. The number of imidazole rings is 1. The summed E-state index contributed by atoms with van der Waals surface area (Å²) in [5, 5.41) is 4.33. The number of hydrogen-bond acceptors (Lipinski definition) is 3. The van der Waals surface area contributed by atoms with Crippen LogP contribution in [0.3, 0.4) is 0 Å². The van der Waals surface area contributed by atoms with Gasteiger partial charge in [-0.05, 0) is 29.8 Å². The fraction of sp³-hybridized carbons (Fsp3) is 0.111. The molecule has 5 nitrogen and oxygen atoms in total. The SMILES string of the molecule is COc1ccccc1-c1nc2c(cnn2Cc2cccc(F)c2)[nH]1. The zero-order chi connectivity index (χ0) is 16.5. The molecule has 0 fully saturated rings. The summed E-state index contributed by atoms with van der Waals surface area (Å²) in [7, 11) is 1.63. The van der Waals surface area contributed by atoms with Crippen molar-refractivity contribution in [3.05, 3.63) is 66.1 Å². The average molecular weight is 322 g/mol. The Hall–Kier alpha value is -3.15. The Balaban J connectivity index is 1.73. The Labute approximate surface area is 137 Å². The van der Waals surface area contributed by atoms with Crippen molar-refractivity contribution in [1.29, 1.82) is 0 Å². The molecule has 24 heavy (non-hydrogen) atoms. The molecule has 0 aliphatic heterocycles. The van der Waals surface area contributed by atoms with Crippen molar-refractivity contribution in [2.75, 3.05) is 7.11 Å². The predicted molar refractivity (Wildman–Crippen MR) is 89.4 cm³/mol. The second-order valence-electron chi connectivity index (χ2n) is 5.46. The largest absolute Gasteiger partial charge is 0.496 e. The maximum absolute atomic E-state index is 13.4. The van der Waals surface area contributed by atoms with Gasteiger partial charge in [-0.25, -0.2) is 14.1 Å². The molecule has 0 atom stereocenters. The number of methoxy groups -OCH3 is 1. The number of aromatic nitrogens is 4. The van der Waals surface area contributed by atoms with Crippen molar-refractivity contribution >= 4 is 11.2 Å². The summed E-state index contributed by atoms with van der Waals surface area (Å²) in [6, 6.07) is 14.2. The van der Waals surface area contributed by atoms with Gasteiger partial charge in [0.1, 0.15) is 22.9 Å². The molecule has 0 saturated heterocycles. The standard InChI is InChI=1S/C18H15FN4O/c1-24-16-8-3-2-7-14(16)17-21-15-10-20-23(18(15)22-17)11-12-5-4-6-13(19)9-12/h2-10H,11H2,1H3,(H,21,22). The molecule has 6 heteroatoms. The smallest absolute Gasteiger partial charge is 0.177 e. The first-order chi connectivity index (χ1) is 11.7. The van der Waals surface area contributed by atoms with Crippen LogP contribution in [0.1, 0.15) is 5.56 Å². The number of nitrogens with zero attached hydrogens (tertiary/aromatic N) is 3. The normalized spacial score (nSPS) is 11.1. The molecule has 120 valence electrons. The lowest BCUT2D eigenvalue weighted by Crippen LogP contribution is -2.02. The summed E-state index contributed by atoms with van der Waals surface area (Å²) in [4.78, 5) is 7.90. The molecular formula is C18H15FN4O. The lowest BCUT2D eigenvalue weighted by Gasteiger charge is -2.05. The topological polar surface area (TPSA) is 55.7 Å². The molecule has 2 aromatic carbocycles. The Kier molecular flexibility index (Phi) is 3.49. The van der Waals surface area contributed by atoms with E-state index in [1.54, 1.807) is 24.1 Å². The molecule has 0 saturated carbocycles. The molecule has 2 heterocycles. The Bertz CT molecular complexity index is 1010. The zero-order valence-electron chi connectivity index (χ0n) is 13.0. The molecular weight excluding hydrogens is 307 g/mol. The van der Waals surface area contributed by atoms with Crippen molar-refractivity contribution in [2.45, 2.75) is 6.54 Å². The van der Waals surface area contributed by atoms with Gasteiger partial charge in [-0.2, -0.15) is 5.10 Å². The fourth-order valence-corrected chi connectivity index (χ4v) is 2.74. The van der Waals surface area contributed by atoms with E-state index in [4.69, 9.17) is 4.74 Å². The van der Waals surface area contributed by atoms with Crippen LogP contribution in [-0.4, -0.2) is 26.9 Å². The number of benzene rings is 2. The summed E-state index contributed by atoms with van der Waals surface area (Å²) in [6.45, 7) is 0.456. The molecule has 0 bridgehead atoms. The summed E-state index contributed by atoms with van der Waals surface area (Å²) >= 11 is 0. The first-order valence-electron chi connectivity index (χ1n) is 7.54. The predicted octanol–water partition coefficient (Wildman–Crippen LogP) is 3.62. The highest BCUT2D eigenvalue weighted by molar-refractivity contribution is 5.77. The van der Waals surface area contributed by atoms with Crippen LogP contribution in [0.15, 0.2) is 54.7 Å². The van der Waals surface area contributed by atoms with Gasteiger partial charge in [0, 0.05) is 0 Å². The summed E-state index contributed by atoms with van der Waals surface area (Å²) in [5.41, 5.74) is 3.27. The first-order valence-corrected chi connectivity index (χ1v) is 7.54. The van der Waals surface area contributed by atoms with Gasteiger partial charge >= 0.3 is 0 Å². The lowest BCUT2D eigenvalue weighted by molar-refractivity contribution is 0.416. The van der Waals surface area contributed by atoms with Gasteiger partial charge in [-0.15, -0.1) is 0 Å². The minimum atomic E-state index is -0.257. The molecule has 0 unspecified atom stereocenters. The second kappa shape index (κ2) is 5.81. The number of aromatic amines is 1. The van der Waals surface area contributed by atoms with Crippen LogP contribution in [0.2, 0.25) is 0 Å². The number of para-hydroxylation sites is 1. The lowest BCUT2D eigenvalue weighted by atomic mass is 10.2. The van der Waals surface area contributed by atoms with E-state index in [1.165, 1.54) is 12.1 Å². The summed E-state index contributed by atoms with van der Waals surface area (Å²) in [6.07, 6.45) is 1.72. The molecule has 0 radical (unpaired) electrons. The van der Waals surface area contributed by atoms with E-state index in [2.05, 4.69) is 15.1 Å².